The van der Waals surface area contributed by atoms with Gasteiger partial charge in [0.2, 0.25) is 12.1 Å². The molecular formula is C13H10N4O4. The Bertz CT molecular complexity index is 673. The highest BCUT2D eigenvalue weighted by Crippen LogP contribution is 2.09. The van der Waals surface area contributed by atoms with Crippen LogP contribution in [-0.4, -0.2) is 33.2 Å². The summed E-state index contributed by atoms with van der Waals surface area (Å²) in [6.45, 7) is 0. The number of nitrogens with zero attached hydrogens (tertiary/aromatic N) is 3. The van der Waals surface area contributed by atoms with Crippen LogP contribution in [0.1, 0.15) is 5.82 Å². The zero-order chi connectivity index (χ0) is 15.1. The van der Waals surface area contributed by atoms with E-state index < -0.39 is 11.7 Å². The molecule has 0 radical (unpaired) electrons. The molecule has 2 aromatic rings. The van der Waals surface area contributed by atoms with Crippen molar-refractivity contribution >= 4 is 23.9 Å². The van der Waals surface area contributed by atoms with Gasteiger partial charge in [0.25, 0.3) is 0 Å². The van der Waals surface area contributed by atoms with E-state index in [1.165, 1.54) is 12.3 Å². The van der Waals surface area contributed by atoms with E-state index >= 15 is 0 Å². The highest BCUT2D eigenvalue weighted by molar-refractivity contribution is 6.41. The number of nitrogens with one attached hydrogen (secondary N) is 1. The van der Waals surface area contributed by atoms with Crippen LogP contribution < -0.4 is 10.2 Å². The molecule has 0 saturated carbocycles. The summed E-state index contributed by atoms with van der Waals surface area (Å²) in [6.07, 6.45) is 1.72. The first kappa shape index (κ1) is 14.1. The van der Waals surface area contributed by atoms with Gasteiger partial charge in [-0.05, 0) is 18.2 Å². The van der Waals surface area contributed by atoms with E-state index in [4.69, 9.17) is 9.94 Å². The van der Waals surface area contributed by atoms with Gasteiger partial charge < -0.3 is 15.3 Å². The van der Waals surface area contributed by atoms with Gasteiger partial charge in [-0.3, -0.25) is 4.79 Å². The lowest BCUT2D eigenvalue weighted by atomic mass is 10.3. The third kappa shape index (κ3) is 3.83. The number of benzene rings is 1. The largest absolute Gasteiger partial charge is 0.476 e. The summed E-state index contributed by atoms with van der Waals surface area (Å²) in [6, 6.07) is 9.87. The number of carboxylic acid groups (broad SMARTS) is 1. The van der Waals surface area contributed by atoms with Crippen molar-refractivity contribution in [1.82, 2.24) is 9.97 Å². The number of amides is 1. The Hall–Kier alpha value is -3.29. The zero-order valence-corrected chi connectivity index (χ0v) is 10.6. The number of carbonyl (C=O) groups excluding carboxylic acids is 1. The Kier molecular flexibility index (Phi) is 4.54. The molecule has 2 N–H and O–H groups in total. The number of anilines is 1. The zero-order valence-electron chi connectivity index (χ0n) is 10.6. The van der Waals surface area contributed by atoms with Crippen molar-refractivity contribution in [2.24, 2.45) is 5.16 Å². The second-order valence-electron chi connectivity index (χ2n) is 3.68. The normalized spacial score (nSPS) is 10.8. The molecule has 106 valence electrons. The van der Waals surface area contributed by atoms with Crippen LogP contribution in [0.5, 0.6) is 5.75 Å². The monoisotopic (exact) mass is 286 g/mol. The molecule has 1 aromatic carbocycles. The third-order valence-electron chi connectivity index (χ3n) is 2.26. The first-order chi connectivity index (χ1) is 10.2. The summed E-state index contributed by atoms with van der Waals surface area (Å²) in [4.78, 5) is 34.2. The molecule has 0 spiro atoms. The van der Waals surface area contributed by atoms with Crippen LogP contribution in [0.15, 0.2) is 47.8 Å². The number of carbonyl (C=O) groups is 2. The molecule has 0 saturated heterocycles. The van der Waals surface area contributed by atoms with E-state index in [1.807, 2.05) is 0 Å². The first-order valence-corrected chi connectivity index (χ1v) is 5.77. The Morgan fingerprint density at radius 1 is 1.29 bits per heavy atom. The number of carboxylic acids is 1. The number of aliphatic carboxylic acids is 1. The molecule has 0 bridgehead atoms. The molecule has 8 nitrogen and oxygen atoms in total. The van der Waals surface area contributed by atoms with Gasteiger partial charge in [-0.1, -0.05) is 23.4 Å². The lowest BCUT2D eigenvalue weighted by Crippen LogP contribution is -2.19. The van der Waals surface area contributed by atoms with Crippen molar-refractivity contribution in [1.29, 1.82) is 0 Å². The topological polar surface area (TPSA) is 114 Å². The van der Waals surface area contributed by atoms with Gasteiger partial charge in [0.1, 0.15) is 5.82 Å². The number of rotatable bonds is 6. The molecule has 0 aliphatic carbocycles. The van der Waals surface area contributed by atoms with E-state index in [2.05, 4.69) is 20.4 Å². The van der Waals surface area contributed by atoms with Crippen LogP contribution in [0.3, 0.4) is 0 Å². The highest BCUT2D eigenvalue weighted by atomic mass is 16.6. The Morgan fingerprint density at radius 3 is 2.71 bits per heavy atom. The average molecular weight is 286 g/mol. The van der Waals surface area contributed by atoms with E-state index in [9.17, 15) is 9.59 Å². The van der Waals surface area contributed by atoms with Gasteiger partial charge in [0, 0.05) is 6.20 Å². The van der Waals surface area contributed by atoms with Crippen molar-refractivity contribution in [3.8, 4) is 5.75 Å². The molecule has 0 aliphatic rings. The summed E-state index contributed by atoms with van der Waals surface area (Å²) in [5.74, 6) is -0.999. The maximum Gasteiger partial charge on any atom is 0.361 e. The first-order valence-electron chi connectivity index (χ1n) is 5.77. The Morgan fingerprint density at radius 2 is 2.05 bits per heavy atom. The molecule has 1 amide bonds. The van der Waals surface area contributed by atoms with Crippen molar-refractivity contribution in [3.63, 3.8) is 0 Å². The van der Waals surface area contributed by atoms with Gasteiger partial charge in [0.15, 0.2) is 11.6 Å². The fourth-order valence-electron chi connectivity index (χ4n) is 1.37. The second-order valence-corrected chi connectivity index (χ2v) is 3.68. The Labute approximate surface area is 119 Å². The SMILES string of the molecule is O=CNc1ccnc(C(=NOc2ccccc2)C(=O)O)n1. The number of hydrogen-bond acceptors (Lipinski definition) is 6. The van der Waals surface area contributed by atoms with Crippen LogP contribution in [0, 0.1) is 0 Å². The Balaban J connectivity index is 2.28. The van der Waals surface area contributed by atoms with E-state index in [0.717, 1.165) is 0 Å². The van der Waals surface area contributed by atoms with E-state index in [0.29, 0.717) is 12.2 Å². The molecule has 1 heterocycles. The lowest BCUT2D eigenvalue weighted by molar-refractivity contribution is -0.129. The van der Waals surface area contributed by atoms with Gasteiger partial charge in [-0.2, -0.15) is 0 Å². The van der Waals surface area contributed by atoms with E-state index in [-0.39, 0.29) is 11.6 Å². The summed E-state index contributed by atoms with van der Waals surface area (Å²) in [5, 5.41) is 15.0. The van der Waals surface area contributed by atoms with Gasteiger partial charge >= 0.3 is 5.97 Å². The van der Waals surface area contributed by atoms with Crippen molar-refractivity contribution in [3.05, 3.63) is 48.4 Å². The fraction of sp³-hybridized carbons (Fsp3) is 0. The van der Waals surface area contributed by atoms with Crippen LogP contribution in [-0.2, 0) is 9.59 Å². The molecule has 0 unspecified atom stereocenters. The smallest absolute Gasteiger partial charge is 0.361 e. The van der Waals surface area contributed by atoms with Crippen molar-refractivity contribution in [2.75, 3.05) is 5.32 Å². The van der Waals surface area contributed by atoms with Gasteiger partial charge in [0.05, 0.1) is 0 Å². The molecule has 8 heteroatoms. The molecule has 1 aromatic heterocycles. The van der Waals surface area contributed by atoms with E-state index in [1.54, 1.807) is 30.3 Å². The molecule has 0 atom stereocenters. The predicted octanol–water partition coefficient (Wildman–Crippen LogP) is 0.913. The molecule has 0 aliphatic heterocycles. The van der Waals surface area contributed by atoms with Crippen LogP contribution in [0.4, 0.5) is 5.82 Å². The summed E-state index contributed by atoms with van der Waals surface area (Å²) >= 11 is 0. The number of para-hydroxylation sites is 1. The minimum absolute atomic E-state index is 0.156. The predicted molar refractivity (Wildman–Crippen MR) is 73.0 cm³/mol. The highest BCUT2D eigenvalue weighted by Gasteiger charge is 2.17. The number of aromatic nitrogens is 2. The van der Waals surface area contributed by atoms with Crippen LogP contribution in [0.25, 0.3) is 0 Å². The van der Waals surface area contributed by atoms with Crippen LogP contribution in [0.2, 0.25) is 0 Å². The second kappa shape index (κ2) is 6.75. The molecular weight excluding hydrogens is 276 g/mol. The summed E-state index contributed by atoms with van der Waals surface area (Å²) in [7, 11) is 0. The summed E-state index contributed by atoms with van der Waals surface area (Å²) < 4.78 is 0. The molecule has 0 fully saturated rings. The third-order valence-corrected chi connectivity index (χ3v) is 2.26. The minimum Gasteiger partial charge on any atom is -0.476 e. The van der Waals surface area contributed by atoms with Gasteiger partial charge in [-0.25, -0.2) is 14.8 Å². The lowest BCUT2D eigenvalue weighted by Gasteiger charge is -2.03. The number of oxime groups is 1. The number of hydrogen-bond donors (Lipinski definition) is 2. The molecule has 21 heavy (non-hydrogen) atoms. The van der Waals surface area contributed by atoms with Crippen molar-refractivity contribution in [2.45, 2.75) is 0 Å². The standard InChI is InChI=1S/C13H10N4O4/c18-8-15-10-6-7-14-12(16-10)11(13(19)20)17-21-9-4-2-1-3-5-9/h1-8H,(H,19,20)(H,14,15,16,18). The quantitative estimate of drug-likeness (QED) is 0.463. The molecule has 2 rings (SSSR count). The summed E-state index contributed by atoms with van der Waals surface area (Å²) in [5.41, 5.74) is -0.478. The maximum absolute atomic E-state index is 11.2. The van der Waals surface area contributed by atoms with Gasteiger partial charge in [-0.15, -0.1) is 0 Å². The maximum atomic E-state index is 11.2. The minimum atomic E-state index is -1.35. The van der Waals surface area contributed by atoms with Crippen molar-refractivity contribution < 1.29 is 19.5 Å². The fourth-order valence-corrected chi connectivity index (χ4v) is 1.37. The average Bonchev–Trinajstić information content (AvgIpc) is 2.49. The van der Waals surface area contributed by atoms with Crippen LogP contribution >= 0.6 is 0 Å².